The van der Waals surface area contributed by atoms with Crippen LogP contribution in [0, 0.1) is 0 Å². The van der Waals surface area contributed by atoms with Crippen LogP contribution in [0.25, 0.3) is 81.3 Å². The summed E-state index contributed by atoms with van der Waals surface area (Å²) in [4.78, 5) is 5.28. The second kappa shape index (κ2) is 10.0. The third-order valence-corrected chi connectivity index (χ3v) is 9.86. The number of hydrogen-bond acceptors (Lipinski definition) is 2. The second-order valence-electron chi connectivity index (χ2n) is 11.2. The van der Waals surface area contributed by atoms with E-state index < -0.39 is 0 Å². The number of thiophene rings is 1. The summed E-state index contributed by atoms with van der Waals surface area (Å²) >= 11 is 1.89. The summed E-state index contributed by atoms with van der Waals surface area (Å²) in [5, 5.41) is 5.15. The molecule has 0 saturated heterocycles. The summed E-state index contributed by atoms with van der Waals surface area (Å²) in [6, 6.07) is 56.3. The van der Waals surface area contributed by atoms with E-state index in [2.05, 4.69) is 162 Å². The van der Waals surface area contributed by atoms with Crippen LogP contribution < -0.4 is 0 Å². The molecule has 0 spiro atoms. The molecule has 0 atom stereocenters. The molecule has 0 aliphatic heterocycles. The van der Waals surface area contributed by atoms with Crippen molar-refractivity contribution in [2.45, 2.75) is 0 Å². The number of aromatic nitrogens is 2. The van der Waals surface area contributed by atoms with Crippen molar-refractivity contribution in [3.05, 3.63) is 158 Å². The molecule has 206 valence electrons. The highest BCUT2D eigenvalue weighted by Crippen LogP contribution is 2.46. The largest absolute Gasteiger partial charge is 0.309 e. The lowest BCUT2D eigenvalue weighted by molar-refractivity contribution is 1.18. The number of nitrogens with zero attached hydrogens (tertiary/aromatic N) is 2. The van der Waals surface area contributed by atoms with Crippen molar-refractivity contribution >= 4 is 53.3 Å². The third-order valence-electron chi connectivity index (χ3n) is 8.59. The predicted molar refractivity (Wildman–Crippen MR) is 188 cm³/mol. The highest BCUT2D eigenvalue weighted by atomic mass is 32.1. The van der Waals surface area contributed by atoms with Crippen LogP contribution in [0.1, 0.15) is 0 Å². The molecule has 0 unspecified atom stereocenters. The van der Waals surface area contributed by atoms with Crippen molar-refractivity contribution in [2.75, 3.05) is 0 Å². The van der Waals surface area contributed by atoms with Crippen LogP contribution in [0.5, 0.6) is 0 Å². The Hall–Kier alpha value is -5.51. The number of hydrogen-bond donors (Lipinski definition) is 0. The number of rotatable bonds is 4. The number of benzene rings is 6. The van der Waals surface area contributed by atoms with E-state index in [1.54, 1.807) is 0 Å². The fraction of sp³-hybridized carbons (Fsp3) is 0. The van der Waals surface area contributed by atoms with Crippen LogP contribution in [-0.2, 0) is 0 Å². The lowest BCUT2D eigenvalue weighted by atomic mass is 9.99. The molecule has 44 heavy (non-hydrogen) atoms. The standard InChI is InChI=1S/C41H26N2S/c1-4-13-27(14-5-1)29-25-35(28-15-6-2-7-16-28)42-36(26-29)33-21-12-20-31-32-23-24-38-39(41(32)44-40(31)33)34-19-10-11-22-37(34)43(38)30-17-8-3-9-18-30/h1-26H. The quantitative estimate of drug-likeness (QED) is 0.203. The molecule has 9 aromatic rings. The van der Waals surface area contributed by atoms with Crippen LogP contribution in [0.2, 0.25) is 0 Å². The number of para-hydroxylation sites is 2. The molecule has 0 bridgehead atoms. The SMILES string of the molecule is c1ccc(-c2cc(-c3ccccc3)nc(-c3cccc4c3sc3c4ccc4c3c3ccccc3n4-c3ccccc3)c2)cc1. The zero-order chi connectivity index (χ0) is 29.0. The first-order valence-electron chi connectivity index (χ1n) is 14.9. The van der Waals surface area contributed by atoms with E-state index in [4.69, 9.17) is 4.98 Å². The van der Waals surface area contributed by atoms with E-state index >= 15 is 0 Å². The Kier molecular flexibility index (Phi) is 5.71. The average molecular weight is 579 g/mol. The summed E-state index contributed by atoms with van der Waals surface area (Å²) in [6.45, 7) is 0. The van der Waals surface area contributed by atoms with E-state index in [1.165, 1.54) is 64.4 Å². The van der Waals surface area contributed by atoms with Crippen molar-refractivity contribution in [3.63, 3.8) is 0 Å². The van der Waals surface area contributed by atoms with Gasteiger partial charge in [-0.05, 0) is 47.5 Å². The first-order chi connectivity index (χ1) is 21.8. The van der Waals surface area contributed by atoms with Crippen LogP contribution in [-0.4, -0.2) is 9.55 Å². The predicted octanol–water partition coefficient (Wildman–Crippen LogP) is 11.5. The first kappa shape index (κ1) is 25.0. The Balaban J connectivity index is 1.34. The molecule has 0 radical (unpaired) electrons. The van der Waals surface area contributed by atoms with Gasteiger partial charge in [0.1, 0.15) is 0 Å². The molecular weight excluding hydrogens is 553 g/mol. The van der Waals surface area contributed by atoms with Gasteiger partial charge in [-0.2, -0.15) is 0 Å². The van der Waals surface area contributed by atoms with Gasteiger partial charge >= 0.3 is 0 Å². The molecule has 0 saturated carbocycles. The lowest BCUT2D eigenvalue weighted by Gasteiger charge is -2.11. The smallest absolute Gasteiger partial charge is 0.0730 e. The van der Waals surface area contributed by atoms with Crippen molar-refractivity contribution < 1.29 is 0 Å². The van der Waals surface area contributed by atoms with Gasteiger partial charge in [0.25, 0.3) is 0 Å². The van der Waals surface area contributed by atoms with E-state index in [-0.39, 0.29) is 0 Å². The normalized spacial score (nSPS) is 11.6. The topological polar surface area (TPSA) is 17.8 Å². The van der Waals surface area contributed by atoms with Gasteiger partial charge in [-0.1, -0.05) is 121 Å². The zero-order valence-electron chi connectivity index (χ0n) is 23.8. The van der Waals surface area contributed by atoms with Gasteiger partial charge in [-0.25, -0.2) is 4.98 Å². The first-order valence-corrected chi connectivity index (χ1v) is 15.7. The summed E-state index contributed by atoms with van der Waals surface area (Å²) in [5.41, 5.74) is 10.2. The van der Waals surface area contributed by atoms with Crippen molar-refractivity contribution in [1.82, 2.24) is 9.55 Å². The molecule has 0 N–H and O–H groups in total. The molecular formula is C41H26N2S. The fourth-order valence-electron chi connectivity index (χ4n) is 6.59. The van der Waals surface area contributed by atoms with E-state index in [0.29, 0.717) is 0 Å². The van der Waals surface area contributed by atoms with Crippen LogP contribution in [0.15, 0.2) is 158 Å². The fourth-order valence-corrected chi connectivity index (χ4v) is 7.97. The molecule has 3 heteroatoms. The van der Waals surface area contributed by atoms with E-state index in [9.17, 15) is 0 Å². The van der Waals surface area contributed by atoms with E-state index in [0.717, 1.165) is 17.0 Å². The zero-order valence-corrected chi connectivity index (χ0v) is 24.6. The van der Waals surface area contributed by atoms with Gasteiger partial charge in [0, 0.05) is 47.8 Å². The summed E-state index contributed by atoms with van der Waals surface area (Å²) in [5.74, 6) is 0. The number of fused-ring (bicyclic) bond motifs is 7. The second-order valence-corrected chi connectivity index (χ2v) is 12.2. The monoisotopic (exact) mass is 578 g/mol. The molecule has 0 aliphatic carbocycles. The summed E-state index contributed by atoms with van der Waals surface area (Å²) in [7, 11) is 0. The van der Waals surface area contributed by atoms with Gasteiger partial charge in [-0.15, -0.1) is 11.3 Å². The summed E-state index contributed by atoms with van der Waals surface area (Å²) < 4.78 is 4.98. The molecule has 0 amide bonds. The molecule has 2 nitrogen and oxygen atoms in total. The minimum Gasteiger partial charge on any atom is -0.309 e. The van der Waals surface area contributed by atoms with Gasteiger partial charge in [0.05, 0.1) is 22.4 Å². The van der Waals surface area contributed by atoms with Gasteiger partial charge in [0.2, 0.25) is 0 Å². The Morgan fingerprint density at radius 3 is 1.86 bits per heavy atom. The average Bonchev–Trinajstić information content (AvgIpc) is 3.65. The van der Waals surface area contributed by atoms with Crippen molar-refractivity contribution in [3.8, 4) is 39.3 Å². The van der Waals surface area contributed by atoms with Crippen LogP contribution in [0.4, 0.5) is 0 Å². The molecule has 3 aromatic heterocycles. The maximum absolute atomic E-state index is 5.28. The highest BCUT2D eigenvalue weighted by Gasteiger charge is 2.19. The van der Waals surface area contributed by atoms with Crippen molar-refractivity contribution in [2.24, 2.45) is 0 Å². The maximum Gasteiger partial charge on any atom is 0.0730 e. The van der Waals surface area contributed by atoms with E-state index in [1.807, 2.05) is 11.3 Å². The Bertz CT molecular complexity index is 2420. The molecule has 0 aliphatic rings. The van der Waals surface area contributed by atoms with Gasteiger partial charge in [0.15, 0.2) is 0 Å². The Morgan fingerprint density at radius 1 is 0.432 bits per heavy atom. The van der Waals surface area contributed by atoms with Gasteiger partial charge in [-0.3, -0.25) is 0 Å². The van der Waals surface area contributed by atoms with Crippen LogP contribution in [0.3, 0.4) is 0 Å². The molecule has 6 aromatic carbocycles. The molecule has 3 heterocycles. The Labute approximate surface area is 259 Å². The molecule has 9 rings (SSSR count). The highest BCUT2D eigenvalue weighted by molar-refractivity contribution is 7.27. The maximum atomic E-state index is 5.28. The lowest BCUT2D eigenvalue weighted by Crippen LogP contribution is -1.92. The van der Waals surface area contributed by atoms with Crippen molar-refractivity contribution in [1.29, 1.82) is 0 Å². The molecule has 0 fully saturated rings. The minimum absolute atomic E-state index is 0.980. The summed E-state index contributed by atoms with van der Waals surface area (Å²) in [6.07, 6.45) is 0. The third kappa shape index (κ3) is 3.90. The number of pyridine rings is 1. The van der Waals surface area contributed by atoms with Crippen LogP contribution >= 0.6 is 11.3 Å². The minimum atomic E-state index is 0.980. The Morgan fingerprint density at radius 2 is 1.07 bits per heavy atom. The van der Waals surface area contributed by atoms with Gasteiger partial charge < -0.3 is 4.57 Å².